The molecular weight excluding hydrogens is 411 g/mol. The zero-order chi connectivity index (χ0) is 21.0. The molecule has 0 unspecified atom stereocenters. The number of hydrogen-bond acceptors (Lipinski definition) is 6. The molecule has 2 heterocycles. The van der Waals surface area contributed by atoms with Crippen LogP contribution in [0.2, 0.25) is 0 Å². The highest BCUT2D eigenvalue weighted by Crippen LogP contribution is 2.35. The van der Waals surface area contributed by atoms with E-state index >= 15 is 0 Å². The van der Waals surface area contributed by atoms with Gasteiger partial charge in [0.15, 0.2) is 0 Å². The first-order valence-corrected chi connectivity index (χ1v) is 10.4. The zero-order valence-electron chi connectivity index (χ0n) is 15.7. The van der Waals surface area contributed by atoms with Crippen LogP contribution in [0.4, 0.5) is 13.2 Å². The maximum absolute atomic E-state index is 12.3. The number of rotatable bonds is 5. The number of carboxylic acid groups (broad SMARTS) is 1. The molecule has 11 heteroatoms. The first-order valence-electron chi connectivity index (χ1n) is 9.56. The number of carbonyl (C=O) groups excluding carboxylic acids is 1. The van der Waals surface area contributed by atoms with E-state index in [0.29, 0.717) is 6.04 Å². The molecule has 2 saturated carbocycles. The van der Waals surface area contributed by atoms with E-state index in [1.165, 1.54) is 12.8 Å². The van der Waals surface area contributed by atoms with Crippen LogP contribution in [-0.4, -0.2) is 64.9 Å². The lowest BCUT2D eigenvalue weighted by Gasteiger charge is -2.37. The van der Waals surface area contributed by atoms with E-state index in [9.17, 15) is 18.0 Å². The minimum Gasteiger partial charge on any atom is -0.475 e. The molecule has 0 aromatic carbocycles. The van der Waals surface area contributed by atoms with Gasteiger partial charge in [-0.1, -0.05) is 0 Å². The summed E-state index contributed by atoms with van der Waals surface area (Å²) in [7, 11) is 0. The van der Waals surface area contributed by atoms with Gasteiger partial charge < -0.3 is 15.2 Å². The molecule has 1 aromatic rings. The van der Waals surface area contributed by atoms with Crippen molar-refractivity contribution in [2.24, 2.45) is 11.8 Å². The van der Waals surface area contributed by atoms with Gasteiger partial charge in [-0.15, -0.1) is 11.3 Å². The smallest absolute Gasteiger partial charge is 0.475 e. The van der Waals surface area contributed by atoms with E-state index in [1.807, 2.05) is 11.6 Å². The van der Waals surface area contributed by atoms with Crippen LogP contribution in [0.25, 0.3) is 0 Å². The number of ether oxygens (including phenoxy) is 1. The molecule has 0 radical (unpaired) electrons. The highest BCUT2D eigenvalue weighted by Gasteiger charge is 2.43. The summed E-state index contributed by atoms with van der Waals surface area (Å²) in [6, 6.07) is 0.370. The van der Waals surface area contributed by atoms with Crippen molar-refractivity contribution in [1.29, 1.82) is 0 Å². The van der Waals surface area contributed by atoms with Crippen LogP contribution >= 0.6 is 11.3 Å². The number of carboxylic acids is 1. The van der Waals surface area contributed by atoms with E-state index < -0.39 is 12.1 Å². The summed E-state index contributed by atoms with van der Waals surface area (Å²) in [6.07, 6.45) is 1.34. The zero-order valence-corrected chi connectivity index (χ0v) is 16.5. The Kier molecular flexibility index (Phi) is 7.12. The molecule has 162 valence electrons. The maximum atomic E-state index is 12.3. The lowest BCUT2D eigenvalue weighted by Crippen LogP contribution is -2.47. The maximum Gasteiger partial charge on any atom is 0.490 e. The van der Waals surface area contributed by atoms with Crippen molar-refractivity contribution >= 4 is 23.2 Å². The van der Waals surface area contributed by atoms with E-state index in [2.05, 4.69) is 15.2 Å². The Hall–Kier alpha value is -1.72. The average molecular weight is 435 g/mol. The van der Waals surface area contributed by atoms with Crippen LogP contribution in [-0.2, 0) is 20.9 Å². The van der Waals surface area contributed by atoms with Crippen molar-refractivity contribution in [2.75, 3.05) is 19.7 Å². The lowest BCUT2D eigenvalue weighted by molar-refractivity contribution is -0.192. The third-order valence-electron chi connectivity index (χ3n) is 5.35. The summed E-state index contributed by atoms with van der Waals surface area (Å²) < 4.78 is 37.7. The molecule has 3 fully saturated rings. The largest absolute Gasteiger partial charge is 0.490 e. The van der Waals surface area contributed by atoms with E-state index in [-0.39, 0.29) is 17.9 Å². The first-order chi connectivity index (χ1) is 13.7. The monoisotopic (exact) mass is 435 g/mol. The van der Waals surface area contributed by atoms with Gasteiger partial charge >= 0.3 is 12.1 Å². The third kappa shape index (κ3) is 6.38. The molecule has 1 aliphatic heterocycles. The molecule has 3 aliphatic rings. The van der Waals surface area contributed by atoms with Crippen LogP contribution in [0.1, 0.15) is 30.7 Å². The Bertz CT molecular complexity index is 697. The van der Waals surface area contributed by atoms with Gasteiger partial charge in [-0.2, -0.15) is 13.2 Å². The number of aliphatic carboxylic acids is 1. The number of halogens is 3. The minimum atomic E-state index is -5.08. The molecule has 0 spiro atoms. The Balaban J connectivity index is 0.000000298. The van der Waals surface area contributed by atoms with Gasteiger partial charge in [0.1, 0.15) is 5.01 Å². The second kappa shape index (κ2) is 9.40. The number of thiazole rings is 1. The Labute approximate surface area is 170 Å². The van der Waals surface area contributed by atoms with Crippen LogP contribution in [0.5, 0.6) is 0 Å². The summed E-state index contributed by atoms with van der Waals surface area (Å²) in [5, 5.41) is 13.4. The standard InChI is InChI=1S/C16H23N3O2S.C2HF3O2/c20-16(18-9-11-1-2-11)12-7-13-14(8-12)21-5-4-19(13)10-15-17-3-6-22-15;3-2(4,5)1(6)7/h3,6,11-14H,1-2,4-5,7-10H2,(H,18,20);(H,6,7)/t12-,13+,14+;/m0./s1. The van der Waals surface area contributed by atoms with Crippen molar-refractivity contribution in [1.82, 2.24) is 15.2 Å². The van der Waals surface area contributed by atoms with Crippen molar-refractivity contribution in [3.05, 3.63) is 16.6 Å². The van der Waals surface area contributed by atoms with Gasteiger partial charge in [-0.3, -0.25) is 9.69 Å². The van der Waals surface area contributed by atoms with Gasteiger partial charge in [-0.05, 0) is 31.6 Å². The molecule has 2 N–H and O–H groups in total. The average Bonchev–Trinajstić information content (AvgIpc) is 3.15. The molecule has 29 heavy (non-hydrogen) atoms. The van der Waals surface area contributed by atoms with Crippen LogP contribution in [0, 0.1) is 11.8 Å². The number of hydrogen-bond donors (Lipinski definition) is 2. The first kappa shape index (κ1) is 22.0. The van der Waals surface area contributed by atoms with Crippen LogP contribution < -0.4 is 5.32 Å². The molecule has 1 saturated heterocycles. The molecule has 1 aromatic heterocycles. The number of amides is 1. The van der Waals surface area contributed by atoms with Gasteiger partial charge in [0, 0.05) is 36.6 Å². The van der Waals surface area contributed by atoms with Gasteiger partial charge in [0.25, 0.3) is 0 Å². The molecule has 3 atom stereocenters. The summed E-state index contributed by atoms with van der Waals surface area (Å²) in [5.41, 5.74) is 0. The topological polar surface area (TPSA) is 91.8 Å². The highest BCUT2D eigenvalue weighted by molar-refractivity contribution is 7.09. The van der Waals surface area contributed by atoms with Crippen molar-refractivity contribution in [3.8, 4) is 0 Å². The number of nitrogens with one attached hydrogen (secondary N) is 1. The second-order valence-electron chi connectivity index (χ2n) is 7.53. The predicted molar refractivity (Wildman–Crippen MR) is 98.2 cm³/mol. The quantitative estimate of drug-likeness (QED) is 0.738. The Morgan fingerprint density at radius 1 is 1.34 bits per heavy atom. The summed E-state index contributed by atoms with van der Waals surface area (Å²) in [6.45, 7) is 3.47. The number of carbonyl (C=O) groups is 2. The number of morpholine rings is 1. The number of aromatic nitrogens is 1. The highest BCUT2D eigenvalue weighted by atomic mass is 32.1. The summed E-state index contributed by atoms with van der Waals surface area (Å²) in [5.74, 6) is -1.66. The molecule has 2 aliphatic carbocycles. The van der Waals surface area contributed by atoms with Crippen LogP contribution in [0.15, 0.2) is 11.6 Å². The molecule has 7 nitrogen and oxygen atoms in total. The minimum absolute atomic E-state index is 0.116. The Morgan fingerprint density at radius 2 is 2.07 bits per heavy atom. The Morgan fingerprint density at radius 3 is 2.66 bits per heavy atom. The van der Waals surface area contributed by atoms with Gasteiger partial charge in [0.05, 0.1) is 19.3 Å². The predicted octanol–water partition coefficient (Wildman–Crippen LogP) is 2.28. The van der Waals surface area contributed by atoms with Crippen LogP contribution in [0.3, 0.4) is 0 Å². The number of nitrogens with zero attached hydrogens (tertiary/aromatic N) is 2. The van der Waals surface area contributed by atoms with Crippen molar-refractivity contribution in [2.45, 2.75) is 50.6 Å². The molecule has 0 bridgehead atoms. The van der Waals surface area contributed by atoms with Gasteiger partial charge in [0.2, 0.25) is 5.91 Å². The fraction of sp³-hybridized carbons (Fsp3) is 0.722. The lowest BCUT2D eigenvalue weighted by atomic mass is 10.1. The number of fused-ring (bicyclic) bond motifs is 1. The number of alkyl halides is 3. The van der Waals surface area contributed by atoms with E-state index in [4.69, 9.17) is 14.6 Å². The van der Waals surface area contributed by atoms with Gasteiger partial charge in [-0.25, -0.2) is 9.78 Å². The SMILES string of the molecule is O=C(NCC1CC1)[C@H]1C[C@@H]2[C@@H](C1)OCCN2Cc1nccs1.O=C(O)C(F)(F)F. The third-order valence-corrected chi connectivity index (χ3v) is 6.11. The summed E-state index contributed by atoms with van der Waals surface area (Å²) >= 11 is 1.70. The molecule has 4 rings (SSSR count). The summed E-state index contributed by atoms with van der Waals surface area (Å²) in [4.78, 5) is 28.1. The van der Waals surface area contributed by atoms with E-state index in [0.717, 1.165) is 50.0 Å². The normalized spacial score (nSPS) is 26.9. The van der Waals surface area contributed by atoms with Crippen molar-refractivity contribution < 1.29 is 32.6 Å². The molecule has 1 amide bonds. The van der Waals surface area contributed by atoms with Crippen molar-refractivity contribution in [3.63, 3.8) is 0 Å². The fourth-order valence-corrected chi connectivity index (χ4v) is 4.29. The molecular formula is C18H24F3N3O4S. The fourth-order valence-electron chi connectivity index (χ4n) is 3.65. The second-order valence-corrected chi connectivity index (χ2v) is 8.51. The van der Waals surface area contributed by atoms with E-state index in [1.54, 1.807) is 11.3 Å².